The number of nitrogens with one attached hydrogen (secondary N) is 1. The zero-order chi connectivity index (χ0) is 17.3. The SMILES string of the molecule is CC(Nc1noc(-c2ccc(Cl)cc2)c1C(=O)O)c1ncnn1C. The molecule has 24 heavy (non-hydrogen) atoms. The maximum absolute atomic E-state index is 11.7. The molecule has 3 aromatic rings. The monoisotopic (exact) mass is 347 g/mol. The number of hydrogen-bond acceptors (Lipinski definition) is 6. The summed E-state index contributed by atoms with van der Waals surface area (Å²) in [5.74, 6) is -0.217. The van der Waals surface area contributed by atoms with Crippen molar-refractivity contribution in [3.63, 3.8) is 0 Å². The molecule has 8 nitrogen and oxygen atoms in total. The van der Waals surface area contributed by atoms with Crippen LogP contribution in [0.1, 0.15) is 29.1 Å². The molecule has 0 fully saturated rings. The molecule has 1 atom stereocenters. The van der Waals surface area contributed by atoms with E-state index in [2.05, 4.69) is 20.6 Å². The predicted molar refractivity (Wildman–Crippen MR) is 86.9 cm³/mol. The van der Waals surface area contributed by atoms with Crippen LogP contribution in [0.25, 0.3) is 11.3 Å². The molecule has 124 valence electrons. The molecule has 3 rings (SSSR count). The fourth-order valence-electron chi connectivity index (χ4n) is 2.35. The molecule has 0 aliphatic rings. The summed E-state index contributed by atoms with van der Waals surface area (Å²) in [5, 5.41) is 20.9. The largest absolute Gasteiger partial charge is 0.477 e. The fraction of sp³-hybridized carbons (Fsp3) is 0.200. The van der Waals surface area contributed by atoms with Gasteiger partial charge in [-0.1, -0.05) is 16.8 Å². The van der Waals surface area contributed by atoms with Gasteiger partial charge in [-0.3, -0.25) is 4.68 Å². The quantitative estimate of drug-likeness (QED) is 0.730. The predicted octanol–water partition coefficient (Wildman–Crippen LogP) is 2.99. The average molecular weight is 348 g/mol. The van der Waals surface area contributed by atoms with Crippen LogP contribution in [-0.4, -0.2) is 31.0 Å². The molecule has 0 spiro atoms. The minimum atomic E-state index is -1.14. The first-order chi connectivity index (χ1) is 11.5. The standard InChI is InChI=1S/C15H14ClN5O3/c1-8(14-17-7-18-21(14)2)19-13-11(15(22)23)12(24-20-13)9-3-5-10(16)6-4-9/h3-8H,1-2H3,(H,19,20)(H,22,23). The van der Waals surface area contributed by atoms with Crippen LogP contribution in [-0.2, 0) is 7.05 Å². The molecule has 9 heteroatoms. The number of carboxylic acid groups (broad SMARTS) is 1. The first-order valence-electron chi connectivity index (χ1n) is 7.06. The Balaban J connectivity index is 1.96. The van der Waals surface area contributed by atoms with Gasteiger partial charge in [-0.15, -0.1) is 0 Å². The third-order valence-corrected chi connectivity index (χ3v) is 3.75. The highest BCUT2D eigenvalue weighted by atomic mass is 35.5. The van der Waals surface area contributed by atoms with Crippen molar-refractivity contribution in [2.45, 2.75) is 13.0 Å². The van der Waals surface area contributed by atoms with E-state index in [1.54, 1.807) is 36.0 Å². The van der Waals surface area contributed by atoms with Gasteiger partial charge in [0.2, 0.25) is 0 Å². The van der Waals surface area contributed by atoms with E-state index >= 15 is 0 Å². The van der Waals surface area contributed by atoms with E-state index in [-0.39, 0.29) is 23.2 Å². The second kappa shape index (κ2) is 6.32. The van der Waals surface area contributed by atoms with Crippen LogP contribution in [0.5, 0.6) is 0 Å². The number of benzene rings is 1. The Bertz CT molecular complexity index is 872. The summed E-state index contributed by atoms with van der Waals surface area (Å²) in [6, 6.07) is 6.34. The molecule has 1 unspecified atom stereocenters. The van der Waals surface area contributed by atoms with E-state index in [9.17, 15) is 9.90 Å². The van der Waals surface area contributed by atoms with Gasteiger partial charge in [-0.05, 0) is 31.2 Å². The zero-order valence-electron chi connectivity index (χ0n) is 12.9. The van der Waals surface area contributed by atoms with Crippen molar-refractivity contribution in [1.29, 1.82) is 0 Å². The summed E-state index contributed by atoms with van der Waals surface area (Å²) in [6.07, 6.45) is 1.42. The minimum Gasteiger partial charge on any atom is -0.477 e. The van der Waals surface area contributed by atoms with Gasteiger partial charge in [0.1, 0.15) is 12.2 Å². The van der Waals surface area contributed by atoms with Gasteiger partial charge >= 0.3 is 5.97 Å². The van der Waals surface area contributed by atoms with Crippen molar-refractivity contribution in [3.8, 4) is 11.3 Å². The molecule has 0 bridgehead atoms. The number of nitrogens with zero attached hydrogens (tertiary/aromatic N) is 4. The number of anilines is 1. The Hall–Kier alpha value is -2.87. The average Bonchev–Trinajstić information content (AvgIpc) is 3.14. The second-order valence-electron chi connectivity index (χ2n) is 5.16. The number of aromatic nitrogens is 4. The molecule has 0 aliphatic heterocycles. The van der Waals surface area contributed by atoms with Crippen LogP contribution in [0, 0.1) is 0 Å². The molecule has 2 aromatic heterocycles. The molecule has 0 radical (unpaired) electrons. The van der Waals surface area contributed by atoms with Crippen molar-refractivity contribution in [1.82, 2.24) is 19.9 Å². The summed E-state index contributed by atoms with van der Waals surface area (Å²) >= 11 is 5.86. The number of carboxylic acids is 1. The first-order valence-corrected chi connectivity index (χ1v) is 7.44. The Labute approximate surface area is 142 Å². The van der Waals surface area contributed by atoms with E-state index in [0.29, 0.717) is 16.4 Å². The van der Waals surface area contributed by atoms with Gasteiger partial charge in [-0.25, -0.2) is 9.78 Å². The van der Waals surface area contributed by atoms with Crippen molar-refractivity contribution < 1.29 is 14.4 Å². The van der Waals surface area contributed by atoms with Crippen LogP contribution in [0.4, 0.5) is 5.82 Å². The van der Waals surface area contributed by atoms with Gasteiger partial charge in [0.25, 0.3) is 0 Å². The molecule has 0 aliphatic carbocycles. The molecule has 0 saturated heterocycles. The zero-order valence-corrected chi connectivity index (χ0v) is 13.7. The Morgan fingerprint density at radius 1 is 1.38 bits per heavy atom. The van der Waals surface area contributed by atoms with Crippen molar-refractivity contribution in [2.24, 2.45) is 7.05 Å². The number of rotatable bonds is 5. The van der Waals surface area contributed by atoms with Crippen LogP contribution >= 0.6 is 11.6 Å². The van der Waals surface area contributed by atoms with Crippen LogP contribution in [0.3, 0.4) is 0 Å². The van der Waals surface area contributed by atoms with E-state index in [4.69, 9.17) is 16.1 Å². The molecular weight excluding hydrogens is 334 g/mol. The first kappa shape index (κ1) is 16.0. The third-order valence-electron chi connectivity index (χ3n) is 3.50. The second-order valence-corrected chi connectivity index (χ2v) is 5.59. The lowest BCUT2D eigenvalue weighted by atomic mass is 10.1. The van der Waals surface area contributed by atoms with Crippen LogP contribution in [0.2, 0.25) is 5.02 Å². The Kier molecular flexibility index (Phi) is 4.22. The van der Waals surface area contributed by atoms with Gasteiger partial charge in [-0.2, -0.15) is 5.10 Å². The molecular formula is C15H14ClN5O3. The van der Waals surface area contributed by atoms with Crippen molar-refractivity contribution in [2.75, 3.05) is 5.32 Å². The molecule has 2 N–H and O–H groups in total. The van der Waals surface area contributed by atoms with Gasteiger partial charge in [0.05, 0.1) is 6.04 Å². The lowest BCUT2D eigenvalue weighted by molar-refractivity contribution is 0.0698. The van der Waals surface area contributed by atoms with E-state index < -0.39 is 5.97 Å². The number of hydrogen-bond donors (Lipinski definition) is 2. The number of aryl methyl sites for hydroxylation is 1. The van der Waals surface area contributed by atoms with Crippen LogP contribution in [0.15, 0.2) is 35.1 Å². The van der Waals surface area contributed by atoms with Crippen LogP contribution < -0.4 is 5.32 Å². The number of aromatic carboxylic acids is 1. The molecule has 1 aromatic carbocycles. The van der Waals surface area contributed by atoms with Crippen molar-refractivity contribution in [3.05, 3.63) is 47.0 Å². The van der Waals surface area contributed by atoms with Gasteiger partial charge in [0, 0.05) is 17.6 Å². The fourth-order valence-corrected chi connectivity index (χ4v) is 2.48. The van der Waals surface area contributed by atoms with E-state index in [0.717, 1.165) is 0 Å². The summed E-state index contributed by atoms with van der Waals surface area (Å²) in [4.78, 5) is 15.8. The maximum Gasteiger partial charge on any atom is 0.343 e. The highest BCUT2D eigenvalue weighted by molar-refractivity contribution is 6.30. The minimum absolute atomic E-state index is 0.0497. The highest BCUT2D eigenvalue weighted by Crippen LogP contribution is 2.31. The van der Waals surface area contributed by atoms with Crippen molar-refractivity contribution >= 4 is 23.4 Å². The smallest absolute Gasteiger partial charge is 0.343 e. The summed E-state index contributed by atoms with van der Waals surface area (Å²) < 4.78 is 6.85. The lowest BCUT2D eigenvalue weighted by Gasteiger charge is -2.12. The summed E-state index contributed by atoms with van der Waals surface area (Å²) in [5.41, 5.74) is 0.523. The highest BCUT2D eigenvalue weighted by Gasteiger charge is 2.25. The number of carbonyl (C=O) groups is 1. The molecule has 0 saturated carbocycles. The normalized spacial score (nSPS) is 12.1. The summed E-state index contributed by atoms with van der Waals surface area (Å²) in [6.45, 7) is 1.83. The lowest BCUT2D eigenvalue weighted by Crippen LogP contribution is -2.14. The Morgan fingerprint density at radius 3 is 2.67 bits per heavy atom. The van der Waals surface area contributed by atoms with E-state index in [1.807, 2.05) is 6.92 Å². The van der Waals surface area contributed by atoms with E-state index in [1.165, 1.54) is 6.33 Å². The summed E-state index contributed by atoms with van der Waals surface area (Å²) in [7, 11) is 1.75. The number of halogens is 1. The van der Waals surface area contributed by atoms with Gasteiger partial charge in [0.15, 0.2) is 17.1 Å². The maximum atomic E-state index is 11.7. The molecule has 2 heterocycles. The topological polar surface area (TPSA) is 106 Å². The Morgan fingerprint density at radius 2 is 2.08 bits per heavy atom. The van der Waals surface area contributed by atoms with Gasteiger partial charge < -0.3 is 14.9 Å². The molecule has 0 amide bonds. The third kappa shape index (κ3) is 2.95.